The predicted molar refractivity (Wildman–Crippen MR) is 72.3 cm³/mol. The van der Waals surface area contributed by atoms with Gasteiger partial charge in [0.1, 0.15) is 0 Å². The van der Waals surface area contributed by atoms with Gasteiger partial charge in [0.2, 0.25) is 5.91 Å². The second kappa shape index (κ2) is 4.93. The van der Waals surface area contributed by atoms with Crippen LogP contribution in [0.4, 0.5) is 10.5 Å². The van der Waals surface area contributed by atoms with Crippen LogP contribution >= 0.6 is 0 Å². The van der Waals surface area contributed by atoms with Gasteiger partial charge in [-0.05, 0) is 18.2 Å². The van der Waals surface area contributed by atoms with Gasteiger partial charge in [0.15, 0.2) is 0 Å². The smallest absolute Gasteiger partial charge is 0.328 e. The highest BCUT2D eigenvalue weighted by atomic mass is 16.3. The molecule has 1 aliphatic heterocycles. The van der Waals surface area contributed by atoms with Crippen LogP contribution < -0.4 is 10.2 Å². The Hall–Kier alpha value is -2.41. The highest BCUT2D eigenvalue weighted by Gasteiger charge is 2.24. The standard InChI is InChI=1S/C13H14N4O3/c18-6-5-16-8-9-1-2-10(7-11(9)15-16)17-4-3-12(19)14-13(17)20/h1-2,7-8,18H,3-6H2,(H,14,19,20). The van der Waals surface area contributed by atoms with Crippen LogP contribution in [0.15, 0.2) is 24.4 Å². The lowest BCUT2D eigenvalue weighted by atomic mass is 10.2. The Morgan fingerprint density at radius 2 is 2.20 bits per heavy atom. The van der Waals surface area contributed by atoms with Crippen molar-refractivity contribution in [3.63, 3.8) is 0 Å². The molecule has 1 aromatic carbocycles. The SMILES string of the molecule is O=C1CCN(c2ccc3cn(CCO)nc3c2)C(=O)N1. The van der Waals surface area contributed by atoms with Crippen LogP contribution in [0.1, 0.15) is 6.42 Å². The van der Waals surface area contributed by atoms with E-state index in [4.69, 9.17) is 5.11 Å². The zero-order valence-electron chi connectivity index (χ0n) is 10.7. The number of aliphatic hydroxyl groups is 1. The molecule has 0 spiro atoms. The number of aliphatic hydroxyl groups excluding tert-OH is 1. The first kappa shape index (κ1) is 12.6. The highest BCUT2D eigenvalue weighted by Crippen LogP contribution is 2.22. The molecule has 3 amide bonds. The molecule has 20 heavy (non-hydrogen) atoms. The van der Waals surface area contributed by atoms with Gasteiger partial charge in [-0.25, -0.2) is 4.79 Å². The Labute approximate surface area is 114 Å². The van der Waals surface area contributed by atoms with Crippen LogP contribution in [-0.2, 0) is 11.3 Å². The third kappa shape index (κ3) is 2.23. The monoisotopic (exact) mass is 274 g/mol. The first-order valence-corrected chi connectivity index (χ1v) is 6.37. The van der Waals surface area contributed by atoms with E-state index in [1.54, 1.807) is 10.7 Å². The second-order valence-electron chi connectivity index (χ2n) is 4.61. The molecule has 0 bridgehead atoms. The van der Waals surface area contributed by atoms with Crippen molar-refractivity contribution in [3.05, 3.63) is 24.4 Å². The summed E-state index contributed by atoms with van der Waals surface area (Å²) in [5, 5.41) is 16.5. The maximum atomic E-state index is 11.8. The van der Waals surface area contributed by atoms with Gasteiger partial charge in [0.05, 0.1) is 18.7 Å². The average molecular weight is 274 g/mol. The van der Waals surface area contributed by atoms with E-state index in [9.17, 15) is 9.59 Å². The third-order valence-electron chi connectivity index (χ3n) is 3.23. The van der Waals surface area contributed by atoms with Crippen molar-refractivity contribution in [3.8, 4) is 0 Å². The van der Waals surface area contributed by atoms with Crippen molar-refractivity contribution in [2.45, 2.75) is 13.0 Å². The number of nitrogens with zero attached hydrogens (tertiary/aromatic N) is 3. The molecule has 1 aromatic heterocycles. The number of nitrogens with one attached hydrogen (secondary N) is 1. The molecule has 0 atom stereocenters. The van der Waals surface area contributed by atoms with Crippen molar-refractivity contribution in [2.75, 3.05) is 18.1 Å². The van der Waals surface area contributed by atoms with Crippen molar-refractivity contribution >= 4 is 28.5 Å². The van der Waals surface area contributed by atoms with Crippen molar-refractivity contribution in [2.24, 2.45) is 0 Å². The highest BCUT2D eigenvalue weighted by molar-refractivity contribution is 6.06. The zero-order chi connectivity index (χ0) is 14.1. The fourth-order valence-electron chi connectivity index (χ4n) is 2.25. The van der Waals surface area contributed by atoms with E-state index in [0.717, 1.165) is 10.9 Å². The molecule has 1 aliphatic rings. The van der Waals surface area contributed by atoms with Crippen molar-refractivity contribution < 1.29 is 14.7 Å². The molecule has 1 saturated heterocycles. The van der Waals surface area contributed by atoms with Gasteiger partial charge < -0.3 is 5.11 Å². The number of carbonyl (C=O) groups is 2. The number of amides is 3. The molecular weight excluding hydrogens is 260 g/mol. The lowest BCUT2D eigenvalue weighted by molar-refractivity contribution is -0.120. The molecule has 7 nitrogen and oxygen atoms in total. The molecule has 2 heterocycles. The minimum atomic E-state index is -0.407. The Morgan fingerprint density at radius 3 is 2.95 bits per heavy atom. The lowest BCUT2D eigenvalue weighted by Gasteiger charge is -2.26. The fourth-order valence-corrected chi connectivity index (χ4v) is 2.25. The summed E-state index contributed by atoms with van der Waals surface area (Å²) in [5.41, 5.74) is 1.46. The van der Waals surface area contributed by atoms with Crippen LogP contribution in [0.2, 0.25) is 0 Å². The third-order valence-corrected chi connectivity index (χ3v) is 3.23. The van der Waals surface area contributed by atoms with Gasteiger partial charge in [0.25, 0.3) is 0 Å². The van der Waals surface area contributed by atoms with Gasteiger partial charge in [-0.15, -0.1) is 0 Å². The van der Waals surface area contributed by atoms with Gasteiger partial charge in [-0.1, -0.05) is 0 Å². The quantitative estimate of drug-likeness (QED) is 0.852. The summed E-state index contributed by atoms with van der Waals surface area (Å²) >= 11 is 0. The molecule has 7 heteroatoms. The molecular formula is C13H14N4O3. The number of imide groups is 1. The van der Waals surface area contributed by atoms with E-state index in [0.29, 0.717) is 25.2 Å². The molecule has 0 radical (unpaired) electrons. The maximum Gasteiger partial charge on any atom is 0.328 e. The molecule has 0 saturated carbocycles. The van der Waals surface area contributed by atoms with E-state index in [1.807, 2.05) is 18.3 Å². The first-order valence-electron chi connectivity index (χ1n) is 6.37. The Morgan fingerprint density at radius 1 is 1.35 bits per heavy atom. The number of aromatic nitrogens is 2. The topological polar surface area (TPSA) is 87.5 Å². The normalized spacial score (nSPS) is 15.8. The number of hydrogen-bond acceptors (Lipinski definition) is 4. The van der Waals surface area contributed by atoms with E-state index in [2.05, 4.69) is 10.4 Å². The van der Waals surface area contributed by atoms with Crippen LogP contribution in [0, 0.1) is 0 Å². The largest absolute Gasteiger partial charge is 0.394 e. The molecule has 2 aromatic rings. The van der Waals surface area contributed by atoms with E-state index >= 15 is 0 Å². The van der Waals surface area contributed by atoms with Crippen molar-refractivity contribution in [1.82, 2.24) is 15.1 Å². The zero-order valence-corrected chi connectivity index (χ0v) is 10.7. The number of benzene rings is 1. The van der Waals surface area contributed by atoms with Crippen molar-refractivity contribution in [1.29, 1.82) is 0 Å². The molecule has 104 valence electrons. The Kier molecular flexibility index (Phi) is 3.11. The first-order chi connectivity index (χ1) is 9.67. The van der Waals surface area contributed by atoms with Gasteiger partial charge in [-0.2, -0.15) is 5.10 Å². The molecule has 0 aliphatic carbocycles. The average Bonchev–Trinajstić information content (AvgIpc) is 2.80. The number of urea groups is 1. The number of fused-ring (bicyclic) bond motifs is 1. The fraction of sp³-hybridized carbons (Fsp3) is 0.308. The van der Waals surface area contributed by atoms with E-state index in [-0.39, 0.29) is 12.5 Å². The maximum absolute atomic E-state index is 11.8. The number of carbonyl (C=O) groups excluding carboxylic acids is 2. The molecule has 1 fully saturated rings. The Bertz CT molecular complexity index is 679. The van der Waals surface area contributed by atoms with Crippen LogP contribution in [0.25, 0.3) is 10.9 Å². The minimum Gasteiger partial charge on any atom is -0.394 e. The molecule has 2 N–H and O–H groups in total. The van der Waals surface area contributed by atoms with Crippen LogP contribution in [0.3, 0.4) is 0 Å². The summed E-state index contributed by atoms with van der Waals surface area (Å²) in [6.45, 7) is 0.827. The van der Waals surface area contributed by atoms with Crippen LogP contribution in [-0.4, -0.2) is 40.0 Å². The van der Waals surface area contributed by atoms with Gasteiger partial charge >= 0.3 is 6.03 Å². The van der Waals surface area contributed by atoms with Gasteiger partial charge in [-0.3, -0.25) is 19.7 Å². The molecule has 3 rings (SSSR count). The number of rotatable bonds is 3. The summed E-state index contributed by atoms with van der Waals surface area (Å²) in [4.78, 5) is 24.4. The predicted octanol–water partition coefficient (Wildman–Crippen LogP) is 0.475. The second-order valence-corrected chi connectivity index (χ2v) is 4.61. The van der Waals surface area contributed by atoms with Gasteiger partial charge in [0, 0.05) is 30.2 Å². The summed E-state index contributed by atoms with van der Waals surface area (Å²) in [5.74, 6) is -0.250. The summed E-state index contributed by atoms with van der Waals surface area (Å²) in [6, 6.07) is 5.09. The van der Waals surface area contributed by atoms with E-state index < -0.39 is 6.03 Å². The number of hydrogen-bond donors (Lipinski definition) is 2. The lowest BCUT2D eigenvalue weighted by Crippen LogP contribution is -2.49. The van der Waals surface area contributed by atoms with Crippen LogP contribution in [0.5, 0.6) is 0 Å². The Balaban J connectivity index is 1.92. The molecule has 0 unspecified atom stereocenters. The summed E-state index contributed by atoms with van der Waals surface area (Å²) in [6.07, 6.45) is 2.14. The summed E-state index contributed by atoms with van der Waals surface area (Å²) < 4.78 is 1.66. The summed E-state index contributed by atoms with van der Waals surface area (Å²) in [7, 11) is 0. The minimum absolute atomic E-state index is 0.0253. The van der Waals surface area contributed by atoms with E-state index in [1.165, 1.54) is 4.90 Å². The number of anilines is 1.